The molecule has 1 aliphatic rings. The summed E-state index contributed by atoms with van der Waals surface area (Å²) in [6, 6.07) is 2.97. The maximum absolute atomic E-state index is 13.6. The number of hydrogen-bond acceptors (Lipinski definition) is 2. The highest BCUT2D eigenvalue weighted by atomic mass is 19.1. The molecule has 1 N–H and O–H groups in total. The molecule has 1 fully saturated rings. The molecule has 1 heterocycles. The Hall–Kier alpha value is -2.62. The first-order chi connectivity index (χ1) is 10.5. The molecule has 1 aliphatic heterocycles. The van der Waals surface area contributed by atoms with E-state index < -0.39 is 23.1 Å². The zero-order valence-electron chi connectivity index (χ0n) is 11.8. The molecule has 1 aromatic carbocycles. The van der Waals surface area contributed by atoms with E-state index in [9.17, 15) is 18.4 Å². The van der Waals surface area contributed by atoms with Crippen molar-refractivity contribution in [2.75, 3.05) is 32.7 Å². The van der Waals surface area contributed by atoms with Crippen molar-refractivity contribution in [3.05, 3.63) is 35.4 Å². The third-order valence-electron chi connectivity index (χ3n) is 3.37. The number of urea groups is 1. The minimum Gasteiger partial charge on any atom is -0.335 e. The molecule has 3 amide bonds. The molecule has 1 saturated heterocycles. The fraction of sp³-hybridized carbons (Fsp3) is 0.333. The topological polar surface area (TPSA) is 52.7 Å². The van der Waals surface area contributed by atoms with Crippen LogP contribution in [-0.2, 0) is 0 Å². The van der Waals surface area contributed by atoms with E-state index in [1.54, 1.807) is 0 Å². The minimum absolute atomic E-state index is 0.123. The first kappa shape index (κ1) is 15.8. The highest BCUT2D eigenvalue weighted by Gasteiger charge is 2.27. The number of halogens is 2. The van der Waals surface area contributed by atoms with Crippen molar-refractivity contribution in [2.24, 2.45) is 0 Å². The highest BCUT2D eigenvalue weighted by Crippen LogP contribution is 2.16. The van der Waals surface area contributed by atoms with Crippen LogP contribution >= 0.6 is 0 Å². The molecule has 7 heteroatoms. The van der Waals surface area contributed by atoms with Crippen LogP contribution in [0.1, 0.15) is 10.4 Å². The molecule has 0 radical (unpaired) electrons. The molecule has 0 aliphatic carbocycles. The molecule has 0 aromatic heterocycles. The van der Waals surface area contributed by atoms with Gasteiger partial charge in [0.1, 0.15) is 17.2 Å². The van der Waals surface area contributed by atoms with E-state index in [0.717, 1.165) is 12.1 Å². The summed E-state index contributed by atoms with van der Waals surface area (Å²) in [5.41, 5.74) is -0.562. The zero-order valence-corrected chi connectivity index (χ0v) is 11.8. The van der Waals surface area contributed by atoms with Crippen molar-refractivity contribution >= 4 is 11.9 Å². The Balaban J connectivity index is 1.99. The third kappa shape index (κ3) is 3.34. The Morgan fingerprint density at radius 2 is 1.68 bits per heavy atom. The number of amides is 3. The number of rotatable bonds is 2. The molecule has 1 aromatic rings. The number of nitrogens with one attached hydrogen (secondary N) is 1. The van der Waals surface area contributed by atoms with Crippen LogP contribution < -0.4 is 5.32 Å². The van der Waals surface area contributed by atoms with Crippen molar-refractivity contribution in [1.29, 1.82) is 0 Å². The van der Waals surface area contributed by atoms with Crippen molar-refractivity contribution in [3.63, 3.8) is 0 Å². The predicted molar refractivity (Wildman–Crippen MR) is 76.1 cm³/mol. The molecule has 0 atom stereocenters. The van der Waals surface area contributed by atoms with Gasteiger partial charge in [-0.3, -0.25) is 4.79 Å². The fourth-order valence-corrected chi connectivity index (χ4v) is 2.21. The van der Waals surface area contributed by atoms with Crippen molar-refractivity contribution in [1.82, 2.24) is 15.1 Å². The van der Waals surface area contributed by atoms with E-state index in [1.807, 2.05) is 0 Å². The van der Waals surface area contributed by atoms with E-state index in [2.05, 4.69) is 11.2 Å². The van der Waals surface area contributed by atoms with Gasteiger partial charge in [0.15, 0.2) is 0 Å². The summed E-state index contributed by atoms with van der Waals surface area (Å²) in [6.07, 6.45) is 5.05. The summed E-state index contributed by atoms with van der Waals surface area (Å²) in [5, 5.41) is 2.52. The predicted octanol–water partition coefficient (Wildman–Crippen LogP) is 1.07. The Labute approximate surface area is 126 Å². The second-order valence-electron chi connectivity index (χ2n) is 4.74. The van der Waals surface area contributed by atoms with Gasteiger partial charge in [-0.25, -0.2) is 13.6 Å². The zero-order chi connectivity index (χ0) is 16.1. The Bertz CT molecular complexity index is 599. The van der Waals surface area contributed by atoms with Crippen molar-refractivity contribution < 1.29 is 18.4 Å². The van der Waals surface area contributed by atoms with E-state index in [-0.39, 0.29) is 38.8 Å². The van der Waals surface area contributed by atoms with Gasteiger partial charge in [0, 0.05) is 26.2 Å². The molecular weight excluding hydrogens is 292 g/mol. The average Bonchev–Trinajstić information content (AvgIpc) is 2.52. The number of hydrogen-bond donors (Lipinski definition) is 1. The van der Waals surface area contributed by atoms with Crippen LogP contribution in [0.5, 0.6) is 0 Å². The van der Waals surface area contributed by atoms with Crippen LogP contribution in [0.3, 0.4) is 0 Å². The van der Waals surface area contributed by atoms with Gasteiger partial charge < -0.3 is 15.1 Å². The number of benzene rings is 1. The van der Waals surface area contributed by atoms with Crippen LogP contribution in [0.4, 0.5) is 13.6 Å². The summed E-state index contributed by atoms with van der Waals surface area (Å²) >= 11 is 0. The summed E-state index contributed by atoms with van der Waals surface area (Å²) in [4.78, 5) is 26.7. The first-order valence-electron chi connectivity index (χ1n) is 6.74. The second kappa shape index (κ2) is 6.89. The number of nitrogens with zero attached hydrogens (tertiary/aromatic N) is 2. The third-order valence-corrected chi connectivity index (χ3v) is 3.37. The van der Waals surface area contributed by atoms with E-state index in [0.29, 0.717) is 0 Å². The fourth-order valence-electron chi connectivity index (χ4n) is 2.21. The van der Waals surface area contributed by atoms with Crippen LogP contribution in [0, 0.1) is 24.0 Å². The number of terminal acetylenes is 1. The normalized spacial score (nSPS) is 14.4. The molecule has 22 heavy (non-hydrogen) atoms. The van der Waals surface area contributed by atoms with Gasteiger partial charge in [-0.1, -0.05) is 12.0 Å². The molecule has 2 rings (SSSR count). The van der Waals surface area contributed by atoms with Crippen LogP contribution in [0.15, 0.2) is 18.2 Å². The SMILES string of the molecule is C#CCNC(=O)N1CCN(C(=O)c2c(F)cccc2F)CC1. The molecular formula is C15H15F2N3O2. The van der Waals surface area contributed by atoms with Crippen molar-refractivity contribution in [2.45, 2.75) is 0 Å². The molecule has 116 valence electrons. The van der Waals surface area contributed by atoms with Gasteiger partial charge in [-0.05, 0) is 12.1 Å². The molecule has 0 unspecified atom stereocenters. The molecule has 5 nitrogen and oxygen atoms in total. The smallest absolute Gasteiger partial charge is 0.318 e. The van der Waals surface area contributed by atoms with Gasteiger partial charge in [0.2, 0.25) is 0 Å². The van der Waals surface area contributed by atoms with Gasteiger partial charge in [-0.15, -0.1) is 6.42 Å². The summed E-state index contributed by atoms with van der Waals surface area (Å²) in [6.45, 7) is 1.08. The summed E-state index contributed by atoms with van der Waals surface area (Å²) in [5.74, 6) is -0.196. The second-order valence-corrected chi connectivity index (χ2v) is 4.74. The summed E-state index contributed by atoms with van der Waals surface area (Å²) < 4.78 is 27.2. The quantitative estimate of drug-likeness (QED) is 0.831. The number of piperazine rings is 1. The van der Waals surface area contributed by atoms with Crippen LogP contribution in [0.25, 0.3) is 0 Å². The lowest BCUT2D eigenvalue weighted by Gasteiger charge is -2.34. The minimum atomic E-state index is -0.890. The molecule has 0 bridgehead atoms. The Kier molecular flexibility index (Phi) is 4.94. The van der Waals surface area contributed by atoms with E-state index in [4.69, 9.17) is 6.42 Å². The van der Waals surface area contributed by atoms with Crippen LogP contribution in [0.2, 0.25) is 0 Å². The monoisotopic (exact) mass is 307 g/mol. The van der Waals surface area contributed by atoms with Crippen LogP contribution in [-0.4, -0.2) is 54.5 Å². The molecule has 0 spiro atoms. The van der Waals surface area contributed by atoms with E-state index in [1.165, 1.54) is 15.9 Å². The molecule has 0 saturated carbocycles. The number of carbonyl (C=O) groups excluding carboxylic acids is 2. The maximum Gasteiger partial charge on any atom is 0.318 e. The summed E-state index contributed by atoms with van der Waals surface area (Å²) in [7, 11) is 0. The maximum atomic E-state index is 13.6. The largest absolute Gasteiger partial charge is 0.335 e. The lowest BCUT2D eigenvalue weighted by molar-refractivity contribution is 0.0656. The highest BCUT2D eigenvalue weighted by molar-refractivity contribution is 5.95. The van der Waals surface area contributed by atoms with Gasteiger partial charge in [0.25, 0.3) is 5.91 Å². The number of carbonyl (C=O) groups is 2. The first-order valence-corrected chi connectivity index (χ1v) is 6.74. The van der Waals surface area contributed by atoms with Gasteiger partial charge >= 0.3 is 6.03 Å². The standard InChI is InChI=1S/C15H15F2N3O2/c1-2-6-18-15(22)20-9-7-19(8-10-20)14(21)13-11(16)4-3-5-12(13)17/h1,3-5H,6-10H2,(H,18,22). The lowest BCUT2D eigenvalue weighted by atomic mass is 10.1. The van der Waals surface area contributed by atoms with E-state index >= 15 is 0 Å². The van der Waals surface area contributed by atoms with Crippen molar-refractivity contribution in [3.8, 4) is 12.3 Å². The average molecular weight is 307 g/mol. The Morgan fingerprint density at radius 1 is 1.14 bits per heavy atom. The Morgan fingerprint density at radius 3 is 2.23 bits per heavy atom. The van der Waals surface area contributed by atoms with Gasteiger partial charge in [0.05, 0.1) is 6.54 Å². The lowest BCUT2D eigenvalue weighted by Crippen LogP contribution is -2.53. The van der Waals surface area contributed by atoms with Gasteiger partial charge in [-0.2, -0.15) is 0 Å².